The van der Waals surface area contributed by atoms with Crippen molar-refractivity contribution in [3.8, 4) is 11.5 Å². The molecule has 2 aromatic carbocycles. The summed E-state index contributed by atoms with van der Waals surface area (Å²) in [5, 5.41) is 6.02. The lowest BCUT2D eigenvalue weighted by atomic mass is 10.0. The highest BCUT2D eigenvalue weighted by Crippen LogP contribution is 2.38. The normalized spacial score (nSPS) is 17.6. The third-order valence-corrected chi connectivity index (χ3v) is 5.65. The molecule has 1 aliphatic rings. The van der Waals surface area contributed by atoms with E-state index >= 15 is 0 Å². The molecule has 1 aliphatic heterocycles. The molecule has 0 unspecified atom stereocenters. The van der Waals surface area contributed by atoms with Gasteiger partial charge in [-0.3, -0.25) is 4.90 Å². The van der Waals surface area contributed by atoms with Gasteiger partial charge in [0.1, 0.15) is 0 Å². The van der Waals surface area contributed by atoms with Crippen molar-refractivity contribution in [3.63, 3.8) is 0 Å². The lowest BCUT2D eigenvalue weighted by molar-refractivity contribution is 0.131. The Morgan fingerprint density at radius 1 is 1.03 bits per heavy atom. The number of fused-ring (bicyclic) bond motifs is 2. The van der Waals surface area contributed by atoms with Gasteiger partial charge in [0, 0.05) is 43.1 Å². The van der Waals surface area contributed by atoms with Crippen LogP contribution in [0.5, 0.6) is 11.5 Å². The van der Waals surface area contributed by atoms with Gasteiger partial charge in [-0.2, -0.15) is 0 Å². The summed E-state index contributed by atoms with van der Waals surface area (Å²) in [6, 6.07) is 12.6. The average Bonchev–Trinajstić information content (AvgIpc) is 2.77. The van der Waals surface area contributed by atoms with Gasteiger partial charge in [-0.1, -0.05) is 18.2 Å². The zero-order valence-electron chi connectivity index (χ0n) is 17.4. The predicted molar refractivity (Wildman–Crippen MR) is 117 cm³/mol. The number of hydrogen-bond acceptors (Lipinski definition) is 6. The largest absolute Gasteiger partial charge is 0.493 e. The van der Waals surface area contributed by atoms with E-state index in [9.17, 15) is 0 Å². The summed E-state index contributed by atoms with van der Waals surface area (Å²) >= 11 is 0. The fourth-order valence-corrected chi connectivity index (χ4v) is 4.17. The maximum atomic E-state index is 5.56. The van der Waals surface area contributed by atoms with Gasteiger partial charge in [0.05, 0.1) is 37.5 Å². The highest BCUT2D eigenvalue weighted by molar-refractivity contribution is 6.08. The Hall–Kier alpha value is -2.57. The summed E-state index contributed by atoms with van der Waals surface area (Å²) in [5.74, 6) is 1.41. The first kappa shape index (κ1) is 19.7. The highest BCUT2D eigenvalue weighted by Gasteiger charge is 2.22. The van der Waals surface area contributed by atoms with Gasteiger partial charge in [-0.05, 0) is 31.5 Å². The van der Waals surface area contributed by atoms with Crippen LogP contribution >= 0.6 is 0 Å². The molecule has 0 bridgehead atoms. The van der Waals surface area contributed by atoms with E-state index in [2.05, 4.69) is 28.4 Å². The molecule has 154 valence electrons. The van der Waals surface area contributed by atoms with E-state index in [-0.39, 0.29) is 0 Å². The summed E-state index contributed by atoms with van der Waals surface area (Å²) < 4.78 is 16.3. The SMILES string of the molecule is COCCN1CCC[C@@H](Nc2c3ccccc3nc3cc(OC)c(OC)cc23)C1. The van der Waals surface area contributed by atoms with Crippen LogP contribution in [0, 0.1) is 0 Å². The Balaban J connectivity index is 1.76. The van der Waals surface area contributed by atoms with Crippen molar-refractivity contribution in [2.45, 2.75) is 18.9 Å². The van der Waals surface area contributed by atoms with Gasteiger partial charge >= 0.3 is 0 Å². The molecule has 4 rings (SSSR count). The Morgan fingerprint density at radius 2 is 1.83 bits per heavy atom. The van der Waals surface area contributed by atoms with E-state index in [0.717, 1.165) is 60.2 Å². The second-order valence-corrected chi connectivity index (χ2v) is 7.51. The molecule has 0 amide bonds. The Morgan fingerprint density at radius 3 is 2.62 bits per heavy atom. The highest BCUT2D eigenvalue weighted by atomic mass is 16.5. The minimum absolute atomic E-state index is 0.378. The summed E-state index contributed by atoms with van der Waals surface area (Å²) in [6.45, 7) is 3.88. The standard InChI is InChI=1S/C23H29N3O3/c1-27-12-11-26-10-6-7-16(15-26)24-23-17-8-4-5-9-19(17)25-20-14-22(29-3)21(28-2)13-18(20)23/h4-5,8-9,13-14,16H,6-7,10-12,15H2,1-3H3,(H,24,25)/t16-/m1/s1. The van der Waals surface area contributed by atoms with Gasteiger partial charge in [0.15, 0.2) is 11.5 Å². The quantitative estimate of drug-likeness (QED) is 0.612. The zero-order chi connectivity index (χ0) is 20.2. The third kappa shape index (κ3) is 4.09. The zero-order valence-corrected chi connectivity index (χ0v) is 17.4. The first-order valence-corrected chi connectivity index (χ1v) is 10.2. The molecule has 1 N–H and O–H groups in total. The van der Waals surface area contributed by atoms with Crippen LogP contribution in [0.4, 0.5) is 5.69 Å². The number of nitrogens with zero attached hydrogens (tertiary/aromatic N) is 2. The molecule has 3 aromatic rings. The van der Waals surface area contributed by atoms with Crippen molar-refractivity contribution >= 4 is 27.5 Å². The summed E-state index contributed by atoms with van der Waals surface area (Å²) in [5.41, 5.74) is 2.99. The lowest BCUT2D eigenvalue weighted by Gasteiger charge is -2.34. The smallest absolute Gasteiger partial charge is 0.162 e. The molecular weight excluding hydrogens is 366 g/mol. The summed E-state index contributed by atoms with van der Waals surface area (Å²) in [4.78, 5) is 7.34. The van der Waals surface area contributed by atoms with E-state index < -0.39 is 0 Å². The number of benzene rings is 2. The first-order valence-electron chi connectivity index (χ1n) is 10.2. The van der Waals surface area contributed by atoms with Crippen LogP contribution in [0.25, 0.3) is 21.8 Å². The van der Waals surface area contributed by atoms with Gasteiger partial charge in [0.2, 0.25) is 0 Å². The van der Waals surface area contributed by atoms with Crippen LogP contribution in [0.1, 0.15) is 12.8 Å². The van der Waals surface area contributed by atoms with Crippen molar-refractivity contribution in [3.05, 3.63) is 36.4 Å². The van der Waals surface area contributed by atoms with E-state index in [1.807, 2.05) is 18.2 Å². The monoisotopic (exact) mass is 395 g/mol. The topological polar surface area (TPSA) is 55.9 Å². The number of aromatic nitrogens is 1. The minimum atomic E-state index is 0.378. The van der Waals surface area contributed by atoms with Crippen molar-refractivity contribution in [1.82, 2.24) is 9.88 Å². The van der Waals surface area contributed by atoms with Gasteiger partial charge in [-0.15, -0.1) is 0 Å². The van der Waals surface area contributed by atoms with Gasteiger partial charge in [0.25, 0.3) is 0 Å². The van der Waals surface area contributed by atoms with Crippen LogP contribution < -0.4 is 14.8 Å². The van der Waals surface area contributed by atoms with Crippen molar-refractivity contribution in [2.24, 2.45) is 0 Å². The Labute approximate surface area is 171 Å². The van der Waals surface area contributed by atoms with Crippen molar-refractivity contribution < 1.29 is 14.2 Å². The number of pyridine rings is 1. The number of piperidine rings is 1. The number of para-hydroxylation sites is 1. The first-order chi connectivity index (χ1) is 14.2. The van der Waals surface area contributed by atoms with Crippen LogP contribution in [0.15, 0.2) is 36.4 Å². The lowest BCUT2D eigenvalue weighted by Crippen LogP contribution is -2.43. The predicted octanol–water partition coefficient (Wildman–Crippen LogP) is 3.93. The average molecular weight is 396 g/mol. The Kier molecular flexibility index (Phi) is 6.02. The molecule has 0 spiro atoms. The second kappa shape index (κ2) is 8.84. The van der Waals surface area contributed by atoms with Crippen LogP contribution in [0.2, 0.25) is 0 Å². The maximum Gasteiger partial charge on any atom is 0.162 e. The number of anilines is 1. The van der Waals surface area contributed by atoms with Gasteiger partial charge in [-0.25, -0.2) is 4.98 Å². The van der Waals surface area contributed by atoms with Crippen LogP contribution in [-0.4, -0.2) is 63.5 Å². The molecule has 29 heavy (non-hydrogen) atoms. The molecule has 1 fully saturated rings. The van der Waals surface area contributed by atoms with Crippen LogP contribution in [0.3, 0.4) is 0 Å². The maximum absolute atomic E-state index is 5.56. The second-order valence-electron chi connectivity index (χ2n) is 7.51. The molecule has 0 aliphatic carbocycles. The molecule has 6 nitrogen and oxygen atoms in total. The van der Waals surface area contributed by atoms with E-state index in [4.69, 9.17) is 19.2 Å². The number of rotatable bonds is 7. The van der Waals surface area contributed by atoms with Crippen molar-refractivity contribution in [1.29, 1.82) is 0 Å². The molecular formula is C23H29N3O3. The number of methoxy groups -OCH3 is 3. The number of ether oxygens (including phenoxy) is 3. The number of nitrogens with one attached hydrogen (secondary N) is 1. The molecule has 1 atom stereocenters. The molecule has 0 saturated carbocycles. The van der Waals surface area contributed by atoms with E-state index in [1.165, 1.54) is 6.42 Å². The Bertz CT molecular complexity index is 992. The van der Waals surface area contributed by atoms with Crippen molar-refractivity contribution in [2.75, 3.05) is 52.9 Å². The van der Waals surface area contributed by atoms with E-state index in [0.29, 0.717) is 17.5 Å². The fraction of sp³-hybridized carbons (Fsp3) is 0.435. The summed E-state index contributed by atoms with van der Waals surface area (Å²) in [6.07, 6.45) is 2.33. The molecule has 2 heterocycles. The number of likely N-dealkylation sites (tertiary alicyclic amines) is 1. The van der Waals surface area contributed by atoms with Gasteiger partial charge < -0.3 is 19.5 Å². The summed E-state index contributed by atoms with van der Waals surface area (Å²) in [7, 11) is 5.08. The van der Waals surface area contributed by atoms with E-state index in [1.54, 1.807) is 21.3 Å². The molecule has 1 saturated heterocycles. The molecule has 6 heteroatoms. The van der Waals surface area contributed by atoms with Crippen LogP contribution in [-0.2, 0) is 4.74 Å². The number of hydrogen-bond donors (Lipinski definition) is 1. The molecule has 0 radical (unpaired) electrons. The molecule has 1 aromatic heterocycles. The fourth-order valence-electron chi connectivity index (χ4n) is 4.17. The third-order valence-electron chi connectivity index (χ3n) is 5.65. The minimum Gasteiger partial charge on any atom is -0.493 e.